The van der Waals surface area contributed by atoms with Crippen molar-refractivity contribution in [3.05, 3.63) is 70.1 Å². The lowest BCUT2D eigenvalue weighted by atomic mass is 10.1. The summed E-state index contributed by atoms with van der Waals surface area (Å²) in [4.78, 5) is 31.4. The second kappa shape index (κ2) is 9.75. The summed E-state index contributed by atoms with van der Waals surface area (Å²) in [6.45, 7) is 3.83. The van der Waals surface area contributed by atoms with Crippen molar-refractivity contribution < 1.29 is 17.9 Å². The molecule has 0 aliphatic heterocycles. The second-order valence-electron chi connectivity index (χ2n) is 7.03. The molecule has 3 aromatic rings. The fourth-order valence-corrected chi connectivity index (χ4v) is 4.33. The molecule has 0 radical (unpaired) electrons. The molecule has 0 spiro atoms. The number of aromatic amines is 1. The van der Waals surface area contributed by atoms with Gasteiger partial charge in [0.1, 0.15) is 16.5 Å². The molecule has 9 nitrogen and oxygen atoms in total. The Morgan fingerprint density at radius 1 is 1.16 bits per heavy atom. The summed E-state index contributed by atoms with van der Waals surface area (Å²) in [5, 5.41) is 2.74. The predicted octanol–water partition coefficient (Wildman–Crippen LogP) is 2.69. The third kappa shape index (κ3) is 5.40. The summed E-state index contributed by atoms with van der Waals surface area (Å²) in [6.07, 6.45) is 0.624. The molecule has 2 aromatic carbocycles. The van der Waals surface area contributed by atoms with Crippen LogP contribution >= 0.6 is 0 Å². The van der Waals surface area contributed by atoms with E-state index in [1.165, 1.54) is 31.4 Å². The maximum Gasteiger partial charge on any atom is 0.255 e. The molecule has 0 saturated heterocycles. The number of ether oxygens (including phenoxy) is 1. The van der Waals surface area contributed by atoms with E-state index in [9.17, 15) is 18.0 Å². The van der Waals surface area contributed by atoms with Crippen molar-refractivity contribution in [2.45, 2.75) is 25.2 Å². The van der Waals surface area contributed by atoms with Gasteiger partial charge in [0.25, 0.3) is 11.5 Å². The first kappa shape index (κ1) is 23.2. The molecule has 0 bridgehead atoms. The lowest BCUT2D eigenvalue weighted by molar-refractivity contribution is 0.102. The van der Waals surface area contributed by atoms with Crippen molar-refractivity contribution in [2.75, 3.05) is 19.0 Å². The largest absolute Gasteiger partial charge is 0.495 e. The number of anilines is 1. The fourth-order valence-electron chi connectivity index (χ4n) is 3.01. The van der Waals surface area contributed by atoms with Gasteiger partial charge in [-0.2, -0.15) is 0 Å². The zero-order valence-corrected chi connectivity index (χ0v) is 18.7. The first-order valence-electron chi connectivity index (χ1n) is 9.91. The summed E-state index contributed by atoms with van der Waals surface area (Å²) in [5.41, 5.74) is 1.52. The molecule has 10 heteroatoms. The highest BCUT2D eigenvalue weighted by Crippen LogP contribution is 2.26. The van der Waals surface area contributed by atoms with Gasteiger partial charge in [0.2, 0.25) is 10.0 Å². The average Bonchev–Trinajstić information content (AvgIpc) is 2.76. The minimum Gasteiger partial charge on any atom is -0.495 e. The Balaban J connectivity index is 1.89. The zero-order valence-electron chi connectivity index (χ0n) is 17.9. The molecule has 0 saturated carbocycles. The molecule has 3 N–H and O–H groups in total. The Bertz CT molecular complexity index is 1300. The third-order valence-corrected chi connectivity index (χ3v) is 6.00. The number of aromatic nitrogens is 2. The van der Waals surface area contributed by atoms with E-state index in [2.05, 4.69) is 20.0 Å². The van der Waals surface area contributed by atoms with Crippen LogP contribution in [0.25, 0.3) is 11.4 Å². The number of nitrogens with zero attached hydrogens (tertiary/aromatic N) is 1. The highest BCUT2D eigenvalue weighted by atomic mass is 32.2. The molecule has 3 rings (SSSR count). The maximum atomic E-state index is 12.8. The summed E-state index contributed by atoms with van der Waals surface area (Å²) in [5.74, 6) is 0.0231. The molecule has 0 unspecified atom stereocenters. The number of H-pyrrole nitrogens is 1. The van der Waals surface area contributed by atoms with E-state index in [0.29, 0.717) is 29.2 Å². The SMILES string of the molecule is CCCNS(=O)(=O)c1cc(C(=O)Nc2cccc(-c3nc(C)cc(=O)[nH]3)c2)ccc1OC. The second-order valence-corrected chi connectivity index (χ2v) is 8.77. The van der Waals surface area contributed by atoms with E-state index >= 15 is 0 Å². The normalized spacial score (nSPS) is 11.2. The lowest BCUT2D eigenvalue weighted by Gasteiger charge is -2.13. The van der Waals surface area contributed by atoms with Gasteiger partial charge in [0.05, 0.1) is 7.11 Å². The van der Waals surface area contributed by atoms with Crippen molar-refractivity contribution in [1.29, 1.82) is 0 Å². The van der Waals surface area contributed by atoms with Crippen molar-refractivity contribution in [3.8, 4) is 17.1 Å². The third-order valence-electron chi connectivity index (χ3n) is 4.52. The van der Waals surface area contributed by atoms with E-state index < -0.39 is 15.9 Å². The van der Waals surface area contributed by atoms with Crippen LogP contribution < -0.4 is 20.3 Å². The highest BCUT2D eigenvalue weighted by Gasteiger charge is 2.21. The number of amides is 1. The number of nitrogens with one attached hydrogen (secondary N) is 3. The van der Waals surface area contributed by atoms with Crippen LogP contribution in [0.15, 0.2) is 58.2 Å². The van der Waals surface area contributed by atoms with Crippen LogP contribution in [-0.4, -0.2) is 37.9 Å². The van der Waals surface area contributed by atoms with Crippen LogP contribution in [0.3, 0.4) is 0 Å². The van der Waals surface area contributed by atoms with E-state index in [4.69, 9.17) is 4.74 Å². The van der Waals surface area contributed by atoms with Gasteiger partial charge in [-0.05, 0) is 43.7 Å². The van der Waals surface area contributed by atoms with Gasteiger partial charge in [-0.25, -0.2) is 18.1 Å². The van der Waals surface area contributed by atoms with Gasteiger partial charge in [-0.3, -0.25) is 9.59 Å². The van der Waals surface area contributed by atoms with Crippen LogP contribution in [0, 0.1) is 6.92 Å². The minimum atomic E-state index is -3.84. The van der Waals surface area contributed by atoms with E-state index in [-0.39, 0.29) is 28.3 Å². The molecule has 32 heavy (non-hydrogen) atoms. The van der Waals surface area contributed by atoms with Crippen LogP contribution in [-0.2, 0) is 10.0 Å². The first-order valence-corrected chi connectivity index (χ1v) is 11.4. The number of rotatable bonds is 8. The van der Waals surface area contributed by atoms with Gasteiger partial charge in [0, 0.05) is 35.1 Å². The van der Waals surface area contributed by atoms with Crippen LogP contribution in [0.2, 0.25) is 0 Å². The molecular weight excluding hydrogens is 432 g/mol. The topological polar surface area (TPSA) is 130 Å². The molecule has 168 valence electrons. The minimum absolute atomic E-state index is 0.114. The van der Waals surface area contributed by atoms with E-state index in [1.54, 1.807) is 31.2 Å². The molecule has 1 amide bonds. The Hall–Kier alpha value is -3.50. The maximum absolute atomic E-state index is 12.8. The van der Waals surface area contributed by atoms with Gasteiger partial charge < -0.3 is 15.0 Å². The fraction of sp³-hybridized carbons (Fsp3) is 0.227. The number of hydrogen-bond acceptors (Lipinski definition) is 6. The molecule has 0 aliphatic carbocycles. The molecule has 0 atom stereocenters. The quantitative estimate of drug-likeness (QED) is 0.478. The van der Waals surface area contributed by atoms with Gasteiger partial charge in [-0.15, -0.1) is 0 Å². The van der Waals surface area contributed by atoms with Crippen molar-refractivity contribution in [3.63, 3.8) is 0 Å². The number of hydrogen-bond donors (Lipinski definition) is 3. The summed E-state index contributed by atoms with van der Waals surface area (Å²) >= 11 is 0. The number of carbonyl (C=O) groups excluding carboxylic acids is 1. The van der Waals surface area contributed by atoms with Crippen LogP contribution in [0.4, 0.5) is 5.69 Å². The van der Waals surface area contributed by atoms with Crippen molar-refractivity contribution >= 4 is 21.6 Å². The average molecular weight is 457 g/mol. The number of sulfonamides is 1. The van der Waals surface area contributed by atoms with Crippen molar-refractivity contribution in [1.82, 2.24) is 14.7 Å². The van der Waals surface area contributed by atoms with Gasteiger partial charge in [0.15, 0.2) is 0 Å². The zero-order chi connectivity index (χ0) is 23.3. The van der Waals surface area contributed by atoms with Crippen molar-refractivity contribution in [2.24, 2.45) is 0 Å². The molecule has 1 heterocycles. The predicted molar refractivity (Wildman–Crippen MR) is 121 cm³/mol. The van der Waals surface area contributed by atoms with E-state index in [0.717, 1.165) is 0 Å². The summed E-state index contributed by atoms with van der Waals surface area (Å²) < 4.78 is 32.8. The highest BCUT2D eigenvalue weighted by molar-refractivity contribution is 7.89. The Morgan fingerprint density at radius 2 is 1.94 bits per heavy atom. The van der Waals surface area contributed by atoms with Gasteiger partial charge in [-0.1, -0.05) is 19.1 Å². The molecule has 0 aliphatic rings. The van der Waals surface area contributed by atoms with Crippen LogP contribution in [0.5, 0.6) is 5.75 Å². The standard InChI is InChI=1S/C22H24N4O5S/c1-4-10-23-32(29,30)19-13-16(8-9-18(19)31-3)22(28)25-17-7-5-6-15(12-17)21-24-14(2)11-20(27)26-21/h5-9,11-13,23H,4,10H2,1-3H3,(H,25,28)(H,24,26,27). The Labute approximate surface area is 185 Å². The molecule has 1 aromatic heterocycles. The summed E-state index contributed by atoms with van der Waals surface area (Å²) in [6, 6.07) is 12.4. The molecular formula is C22H24N4O5S. The Kier molecular flexibility index (Phi) is 7.06. The number of benzene rings is 2. The molecule has 0 fully saturated rings. The first-order chi connectivity index (χ1) is 15.2. The lowest BCUT2D eigenvalue weighted by Crippen LogP contribution is -2.25. The smallest absolute Gasteiger partial charge is 0.255 e. The van der Waals surface area contributed by atoms with E-state index in [1.807, 2.05) is 6.92 Å². The van der Waals surface area contributed by atoms with Gasteiger partial charge >= 0.3 is 0 Å². The number of aryl methyl sites for hydroxylation is 1. The van der Waals surface area contributed by atoms with Crippen LogP contribution in [0.1, 0.15) is 29.4 Å². The monoisotopic (exact) mass is 456 g/mol. The summed E-state index contributed by atoms with van der Waals surface area (Å²) in [7, 11) is -2.48. The number of carbonyl (C=O) groups is 1. The Morgan fingerprint density at radius 3 is 2.62 bits per heavy atom. The number of methoxy groups -OCH3 is 1.